The van der Waals surface area contributed by atoms with Gasteiger partial charge in [-0.2, -0.15) is 13.2 Å². The average Bonchev–Trinajstić information content (AvgIpc) is 2.69. The van der Waals surface area contributed by atoms with Gasteiger partial charge in [0.1, 0.15) is 5.82 Å². The number of likely N-dealkylation sites (tertiary alicyclic amines) is 1. The number of ether oxygens (including phenoxy) is 1. The van der Waals surface area contributed by atoms with Gasteiger partial charge in [0.25, 0.3) is 0 Å². The summed E-state index contributed by atoms with van der Waals surface area (Å²) in [5.74, 6) is -0.453. The van der Waals surface area contributed by atoms with Gasteiger partial charge in [-0.05, 0) is 67.3 Å². The fourth-order valence-electron chi connectivity index (χ4n) is 3.51. The second-order valence-corrected chi connectivity index (χ2v) is 7.66. The Bertz CT molecular complexity index is 865. The van der Waals surface area contributed by atoms with Gasteiger partial charge in [0, 0.05) is 23.8 Å². The molecule has 0 aromatic heterocycles. The number of nitrogens with one attached hydrogen (secondary N) is 1. The maximum absolute atomic E-state index is 13.5. The number of piperidine rings is 1. The highest BCUT2D eigenvalue weighted by molar-refractivity contribution is 6.30. The lowest BCUT2D eigenvalue weighted by Crippen LogP contribution is -2.47. The summed E-state index contributed by atoms with van der Waals surface area (Å²) in [6, 6.07) is 12.0. The molecule has 1 fully saturated rings. The summed E-state index contributed by atoms with van der Waals surface area (Å²) >= 11 is 5.75. The lowest BCUT2D eigenvalue weighted by atomic mass is 9.90. The van der Waals surface area contributed by atoms with Crippen LogP contribution in [0.15, 0.2) is 48.5 Å². The van der Waals surface area contributed by atoms with Gasteiger partial charge < -0.3 is 4.74 Å². The molecule has 4 nitrogen and oxygen atoms in total. The van der Waals surface area contributed by atoms with Crippen LogP contribution in [0.1, 0.15) is 24.3 Å². The number of carbonyl (C=O) groups is 1. The first kappa shape index (κ1) is 25.2. The van der Waals surface area contributed by atoms with E-state index in [1.807, 2.05) is 0 Å². The van der Waals surface area contributed by atoms with Crippen molar-refractivity contribution in [3.8, 4) is 0 Å². The molecular weight excluding hydrogens is 459 g/mol. The van der Waals surface area contributed by atoms with Crippen molar-refractivity contribution in [1.29, 1.82) is 0 Å². The highest BCUT2D eigenvalue weighted by Gasteiger charge is 2.44. The Morgan fingerprint density at radius 1 is 1.23 bits per heavy atom. The number of halogens is 6. The maximum Gasteiger partial charge on any atom is 0.426 e. The standard InChI is InChI=1S/C21H21ClF4N2O2.ClH/c22-16-6-8-18(9-7-16)27-20(29)30-19(21(24,25)26)13-28-10-2-4-15(12-28)14-3-1-5-17(23)11-14;/h1,3,5-9,11,15,19H,2,4,10,12-13H2,(H,27,29);1H/t15?,19-;/m0./s1. The minimum atomic E-state index is -4.72. The van der Waals surface area contributed by atoms with Gasteiger partial charge in [-0.3, -0.25) is 10.2 Å². The SMILES string of the molecule is Cl.O=C(Nc1ccc(Cl)cc1)O[C@@H](CN1CCCC(c2cccc(F)c2)C1)C(F)(F)F. The summed E-state index contributed by atoms with van der Waals surface area (Å²) in [7, 11) is 0. The van der Waals surface area contributed by atoms with Crippen LogP contribution < -0.4 is 5.32 Å². The molecule has 2 aromatic carbocycles. The number of hydrogen-bond donors (Lipinski definition) is 1. The molecule has 3 rings (SSSR count). The van der Waals surface area contributed by atoms with Crippen LogP contribution in [-0.4, -0.2) is 42.9 Å². The van der Waals surface area contributed by atoms with Crippen LogP contribution in [0.5, 0.6) is 0 Å². The molecule has 1 unspecified atom stereocenters. The molecule has 0 aliphatic carbocycles. The zero-order chi connectivity index (χ0) is 21.7. The van der Waals surface area contributed by atoms with Crippen molar-refractivity contribution >= 4 is 35.8 Å². The van der Waals surface area contributed by atoms with Crippen LogP contribution in [0, 0.1) is 5.82 Å². The third-order valence-corrected chi connectivity index (χ3v) is 5.21. The van der Waals surface area contributed by atoms with Crippen molar-refractivity contribution in [3.63, 3.8) is 0 Å². The monoisotopic (exact) mass is 480 g/mol. The van der Waals surface area contributed by atoms with Crippen LogP contribution in [0.25, 0.3) is 0 Å². The Kier molecular flexibility index (Phi) is 8.97. The van der Waals surface area contributed by atoms with Gasteiger partial charge >= 0.3 is 12.3 Å². The summed E-state index contributed by atoms with van der Waals surface area (Å²) in [6.45, 7) is 0.294. The summed E-state index contributed by atoms with van der Waals surface area (Å²) in [4.78, 5) is 13.6. The maximum atomic E-state index is 13.5. The van der Waals surface area contributed by atoms with Gasteiger partial charge in [0.2, 0.25) is 6.10 Å². The summed E-state index contributed by atoms with van der Waals surface area (Å²) in [5, 5.41) is 2.70. The molecule has 2 atom stereocenters. The Morgan fingerprint density at radius 3 is 2.58 bits per heavy atom. The highest BCUT2D eigenvalue weighted by atomic mass is 35.5. The molecular formula is C21H22Cl2F4N2O2. The number of alkyl halides is 3. The van der Waals surface area contributed by atoms with E-state index in [-0.39, 0.29) is 29.8 Å². The normalized spacial score (nSPS) is 18.0. The van der Waals surface area contributed by atoms with Crippen LogP contribution in [-0.2, 0) is 4.74 Å². The largest absolute Gasteiger partial charge is 0.435 e. The molecule has 2 aromatic rings. The summed E-state index contributed by atoms with van der Waals surface area (Å²) in [6.07, 6.45) is -6.77. The molecule has 0 bridgehead atoms. The average molecular weight is 481 g/mol. The van der Waals surface area contributed by atoms with Gasteiger partial charge in [-0.15, -0.1) is 12.4 Å². The number of anilines is 1. The van der Waals surface area contributed by atoms with Crippen molar-refractivity contribution in [2.75, 3.05) is 25.0 Å². The molecule has 0 saturated carbocycles. The van der Waals surface area contributed by atoms with Crippen LogP contribution >= 0.6 is 24.0 Å². The molecule has 1 aliphatic rings. The zero-order valence-corrected chi connectivity index (χ0v) is 17.9. The van der Waals surface area contributed by atoms with Crippen molar-refractivity contribution in [3.05, 3.63) is 64.9 Å². The van der Waals surface area contributed by atoms with Gasteiger partial charge in [-0.25, -0.2) is 9.18 Å². The van der Waals surface area contributed by atoms with Crippen LogP contribution in [0.3, 0.4) is 0 Å². The van der Waals surface area contributed by atoms with Crippen molar-refractivity contribution in [1.82, 2.24) is 4.90 Å². The smallest absolute Gasteiger partial charge is 0.426 e. The van der Waals surface area contributed by atoms with Crippen LogP contribution in [0.2, 0.25) is 5.02 Å². The van der Waals surface area contributed by atoms with E-state index in [4.69, 9.17) is 16.3 Å². The van der Waals surface area contributed by atoms with E-state index in [1.54, 1.807) is 17.0 Å². The first-order chi connectivity index (χ1) is 14.2. The van der Waals surface area contributed by atoms with E-state index in [1.165, 1.54) is 36.4 Å². The molecule has 1 heterocycles. The van der Waals surface area contributed by atoms with Crippen molar-refractivity contribution < 1.29 is 27.1 Å². The molecule has 31 heavy (non-hydrogen) atoms. The molecule has 10 heteroatoms. The number of nitrogens with zero attached hydrogens (tertiary/aromatic N) is 1. The van der Waals surface area contributed by atoms with Crippen LogP contribution in [0.4, 0.5) is 28.0 Å². The lowest BCUT2D eigenvalue weighted by Gasteiger charge is -2.35. The fourth-order valence-corrected chi connectivity index (χ4v) is 3.63. The Balaban J connectivity index is 0.00000341. The lowest BCUT2D eigenvalue weighted by molar-refractivity contribution is -0.207. The van der Waals surface area contributed by atoms with Gasteiger partial charge in [-0.1, -0.05) is 23.7 Å². The van der Waals surface area contributed by atoms with Gasteiger partial charge in [0.05, 0.1) is 0 Å². The van der Waals surface area contributed by atoms with E-state index in [9.17, 15) is 22.4 Å². The van der Waals surface area contributed by atoms with E-state index in [2.05, 4.69) is 5.32 Å². The molecule has 1 saturated heterocycles. The Hall–Kier alpha value is -2.03. The molecule has 170 valence electrons. The number of amides is 1. The molecule has 1 aliphatic heterocycles. The summed E-state index contributed by atoms with van der Waals surface area (Å²) in [5.41, 5.74) is 1.03. The number of rotatable bonds is 5. The molecule has 0 radical (unpaired) electrons. The first-order valence-corrected chi connectivity index (χ1v) is 9.86. The van der Waals surface area contributed by atoms with Gasteiger partial charge in [0.15, 0.2) is 0 Å². The minimum Gasteiger partial charge on any atom is -0.435 e. The van der Waals surface area contributed by atoms with Crippen molar-refractivity contribution in [2.45, 2.75) is 31.0 Å². The topological polar surface area (TPSA) is 41.6 Å². The van der Waals surface area contributed by atoms with E-state index >= 15 is 0 Å². The second kappa shape index (κ2) is 11.0. The first-order valence-electron chi connectivity index (χ1n) is 9.48. The number of carbonyl (C=O) groups excluding carboxylic acids is 1. The van der Waals surface area contributed by atoms with E-state index in [0.717, 1.165) is 12.0 Å². The zero-order valence-electron chi connectivity index (χ0n) is 16.4. The molecule has 1 N–H and O–H groups in total. The molecule has 0 spiro atoms. The highest BCUT2D eigenvalue weighted by Crippen LogP contribution is 2.30. The summed E-state index contributed by atoms with van der Waals surface area (Å²) < 4.78 is 58.7. The van der Waals surface area contributed by atoms with Crippen molar-refractivity contribution in [2.24, 2.45) is 0 Å². The second-order valence-electron chi connectivity index (χ2n) is 7.22. The Labute approximate surface area is 188 Å². The Morgan fingerprint density at radius 2 is 1.94 bits per heavy atom. The van der Waals surface area contributed by atoms with E-state index in [0.29, 0.717) is 24.5 Å². The predicted octanol–water partition coefficient (Wildman–Crippen LogP) is 6.26. The quantitative estimate of drug-likeness (QED) is 0.513. The third-order valence-electron chi connectivity index (χ3n) is 4.95. The van der Waals surface area contributed by atoms with E-state index < -0.39 is 24.9 Å². The molecule has 1 amide bonds. The fraction of sp³-hybridized carbons (Fsp3) is 0.381. The minimum absolute atomic E-state index is 0. The number of hydrogen-bond acceptors (Lipinski definition) is 3. The third kappa shape index (κ3) is 7.55. The number of benzene rings is 2. The predicted molar refractivity (Wildman–Crippen MR) is 113 cm³/mol.